The fourth-order valence-corrected chi connectivity index (χ4v) is 3.23. The summed E-state index contributed by atoms with van der Waals surface area (Å²) in [6.45, 7) is 10.3. The van der Waals surface area contributed by atoms with Gasteiger partial charge in [-0.2, -0.15) is 0 Å². The molecular weight excluding hydrogens is 338 g/mol. The Hall–Kier alpha value is -2.53. The molecule has 0 atom stereocenters. The first-order chi connectivity index (χ1) is 13.2. The van der Waals surface area contributed by atoms with Crippen molar-refractivity contribution in [3.05, 3.63) is 54.1 Å². The van der Waals surface area contributed by atoms with Crippen LogP contribution in [0.25, 0.3) is 0 Å². The number of carbonyl (C=O) groups is 1. The van der Waals surface area contributed by atoms with Crippen molar-refractivity contribution < 1.29 is 9.53 Å². The number of rotatable bonds is 7. The standard InChI is InChI=1S/C22H29N3O2/c1-3-16-27-21-7-5-6-18(17-21)22(26)23-19-8-10-20(11-9-19)25-14-12-24(4-2)13-15-25/h5-11,17H,3-4,12-16H2,1-2H3,(H,23,26). The summed E-state index contributed by atoms with van der Waals surface area (Å²) >= 11 is 0. The number of hydrogen-bond acceptors (Lipinski definition) is 4. The zero-order valence-corrected chi connectivity index (χ0v) is 16.3. The van der Waals surface area contributed by atoms with Gasteiger partial charge in [-0.05, 0) is 55.4 Å². The molecular formula is C22H29N3O2. The van der Waals surface area contributed by atoms with Crippen LogP contribution in [0.1, 0.15) is 30.6 Å². The third-order valence-corrected chi connectivity index (χ3v) is 4.88. The fraction of sp³-hybridized carbons (Fsp3) is 0.409. The van der Waals surface area contributed by atoms with E-state index in [1.807, 2.05) is 24.3 Å². The van der Waals surface area contributed by atoms with E-state index in [9.17, 15) is 4.79 Å². The van der Waals surface area contributed by atoms with Crippen molar-refractivity contribution >= 4 is 17.3 Å². The van der Waals surface area contributed by atoms with Crippen molar-refractivity contribution in [3.63, 3.8) is 0 Å². The van der Waals surface area contributed by atoms with E-state index in [0.717, 1.165) is 50.6 Å². The molecule has 5 nitrogen and oxygen atoms in total. The normalized spacial score (nSPS) is 14.8. The summed E-state index contributed by atoms with van der Waals surface area (Å²) in [6.07, 6.45) is 0.941. The highest BCUT2D eigenvalue weighted by atomic mass is 16.5. The number of anilines is 2. The number of amides is 1. The van der Waals surface area contributed by atoms with Crippen LogP contribution in [0.5, 0.6) is 5.75 Å². The smallest absolute Gasteiger partial charge is 0.255 e. The summed E-state index contributed by atoms with van der Waals surface area (Å²) in [6, 6.07) is 15.4. The van der Waals surface area contributed by atoms with Gasteiger partial charge in [0.25, 0.3) is 5.91 Å². The molecule has 5 heteroatoms. The average molecular weight is 367 g/mol. The maximum atomic E-state index is 12.5. The number of piperazine rings is 1. The fourth-order valence-electron chi connectivity index (χ4n) is 3.23. The van der Waals surface area contributed by atoms with E-state index >= 15 is 0 Å². The molecule has 1 heterocycles. The highest BCUT2D eigenvalue weighted by Crippen LogP contribution is 2.21. The molecule has 0 bridgehead atoms. The van der Waals surface area contributed by atoms with Gasteiger partial charge in [0.2, 0.25) is 0 Å². The van der Waals surface area contributed by atoms with Crippen LogP contribution < -0.4 is 15.0 Å². The molecule has 0 saturated carbocycles. The Bertz CT molecular complexity index is 737. The topological polar surface area (TPSA) is 44.8 Å². The Morgan fingerprint density at radius 3 is 2.44 bits per heavy atom. The molecule has 1 amide bonds. The summed E-state index contributed by atoms with van der Waals surface area (Å²) in [5.74, 6) is 0.604. The van der Waals surface area contributed by atoms with Gasteiger partial charge in [-0.3, -0.25) is 4.79 Å². The molecule has 2 aromatic rings. The predicted octanol–water partition coefficient (Wildman–Crippen LogP) is 3.87. The minimum absolute atomic E-state index is 0.124. The van der Waals surface area contributed by atoms with Gasteiger partial charge in [-0.1, -0.05) is 19.9 Å². The number of hydrogen-bond donors (Lipinski definition) is 1. The highest BCUT2D eigenvalue weighted by Gasteiger charge is 2.16. The van der Waals surface area contributed by atoms with Crippen LogP contribution in [0.2, 0.25) is 0 Å². The van der Waals surface area contributed by atoms with E-state index in [-0.39, 0.29) is 5.91 Å². The maximum absolute atomic E-state index is 12.5. The van der Waals surface area contributed by atoms with E-state index in [0.29, 0.717) is 12.2 Å². The predicted molar refractivity (Wildman–Crippen MR) is 111 cm³/mol. The molecule has 144 valence electrons. The number of ether oxygens (including phenoxy) is 1. The Kier molecular flexibility index (Phi) is 6.71. The second-order valence-corrected chi connectivity index (χ2v) is 6.80. The summed E-state index contributed by atoms with van der Waals surface area (Å²) in [7, 11) is 0. The van der Waals surface area contributed by atoms with Crippen LogP contribution in [-0.4, -0.2) is 50.1 Å². The number of nitrogens with one attached hydrogen (secondary N) is 1. The Morgan fingerprint density at radius 1 is 1.04 bits per heavy atom. The van der Waals surface area contributed by atoms with E-state index in [4.69, 9.17) is 4.74 Å². The molecule has 1 N–H and O–H groups in total. The summed E-state index contributed by atoms with van der Waals surface area (Å²) in [5.41, 5.74) is 2.61. The van der Waals surface area contributed by atoms with Gasteiger partial charge < -0.3 is 19.9 Å². The molecule has 1 aliphatic rings. The highest BCUT2D eigenvalue weighted by molar-refractivity contribution is 6.04. The molecule has 3 rings (SSSR count). The van der Waals surface area contributed by atoms with E-state index < -0.39 is 0 Å². The van der Waals surface area contributed by atoms with Gasteiger partial charge in [-0.15, -0.1) is 0 Å². The summed E-state index contributed by atoms with van der Waals surface area (Å²) in [5, 5.41) is 2.97. The van der Waals surface area contributed by atoms with Crippen LogP contribution in [0.15, 0.2) is 48.5 Å². The van der Waals surface area contributed by atoms with Crippen LogP contribution in [-0.2, 0) is 0 Å². The van der Waals surface area contributed by atoms with Gasteiger partial charge >= 0.3 is 0 Å². The van der Waals surface area contributed by atoms with Gasteiger partial charge in [0.05, 0.1) is 6.61 Å². The Morgan fingerprint density at radius 2 is 1.78 bits per heavy atom. The Balaban J connectivity index is 1.59. The zero-order valence-electron chi connectivity index (χ0n) is 16.3. The number of carbonyl (C=O) groups excluding carboxylic acids is 1. The molecule has 0 aromatic heterocycles. The largest absolute Gasteiger partial charge is 0.494 e. The molecule has 27 heavy (non-hydrogen) atoms. The molecule has 1 saturated heterocycles. The SMILES string of the molecule is CCCOc1cccc(C(=O)Nc2ccc(N3CCN(CC)CC3)cc2)c1. The van der Waals surface area contributed by atoms with Gasteiger partial charge in [-0.25, -0.2) is 0 Å². The van der Waals surface area contributed by atoms with Crippen molar-refractivity contribution in [2.45, 2.75) is 20.3 Å². The lowest BCUT2D eigenvalue weighted by Crippen LogP contribution is -2.46. The average Bonchev–Trinajstić information content (AvgIpc) is 2.73. The number of nitrogens with zero attached hydrogens (tertiary/aromatic N) is 2. The van der Waals surface area contributed by atoms with E-state index in [2.05, 4.69) is 41.1 Å². The summed E-state index contributed by atoms with van der Waals surface area (Å²) in [4.78, 5) is 17.4. The van der Waals surface area contributed by atoms with Crippen LogP contribution >= 0.6 is 0 Å². The second kappa shape index (κ2) is 9.42. The van der Waals surface area contributed by atoms with Crippen LogP contribution in [0, 0.1) is 0 Å². The molecule has 0 unspecified atom stereocenters. The molecule has 1 fully saturated rings. The van der Waals surface area contributed by atoms with Gasteiger partial charge in [0, 0.05) is 43.1 Å². The lowest BCUT2D eigenvalue weighted by atomic mass is 10.2. The molecule has 0 spiro atoms. The first-order valence-corrected chi connectivity index (χ1v) is 9.81. The monoisotopic (exact) mass is 367 g/mol. The minimum Gasteiger partial charge on any atom is -0.494 e. The minimum atomic E-state index is -0.124. The lowest BCUT2D eigenvalue weighted by molar-refractivity contribution is 0.102. The Labute approximate surface area is 161 Å². The van der Waals surface area contributed by atoms with E-state index in [1.54, 1.807) is 12.1 Å². The second-order valence-electron chi connectivity index (χ2n) is 6.80. The molecule has 1 aliphatic heterocycles. The van der Waals surface area contributed by atoms with Crippen LogP contribution in [0.3, 0.4) is 0 Å². The quantitative estimate of drug-likeness (QED) is 0.807. The van der Waals surface area contributed by atoms with Crippen LogP contribution in [0.4, 0.5) is 11.4 Å². The third kappa shape index (κ3) is 5.23. The zero-order chi connectivity index (χ0) is 19.1. The molecule has 0 radical (unpaired) electrons. The van der Waals surface area contributed by atoms with Crippen molar-refractivity contribution in [1.29, 1.82) is 0 Å². The lowest BCUT2D eigenvalue weighted by Gasteiger charge is -2.35. The van der Waals surface area contributed by atoms with Crippen molar-refractivity contribution in [1.82, 2.24) is 4.90 Å². The maximum Gasteiger partial charge on any atom is 0.255 e. The molecule has 2 aromatic carbocycles. The number of likely N-dealkylation sites (N-methyl/N-ethyl adjacent to an activating group) is 1. The van der Waals surface area contributed by atoms with Crippen molar-refractivity contribution in [2.75, 3.05) is 49.5 Å². The first kappa shape index (κ1) is 19.2. The van der Waals surface area contributed by atoms with Crippen molar-refractivity contribution in [3.8, 4) is 5.75 Å². The number of benzene rings is 2. The van der Waals surface area contributed by atoms with E-state index in [1.165, 1.54) is 5.69 Å². The van der Waals surface area contributed by atoms with Gasteiger partial charge in [0.15, 0.2) is 0 Å². The third-order valence-electron chi connectivity index (χ3n) is 4.88. The van der Waals surface area contributed by atoms with Crippen molar-refractivity contribution in [2.24, 2.45) is 0 Å². The van der Waals surface area contributed by atoms with Gasteiger partial charge in [0.1, 0.15) is 5.75 Å². The first-order valence-electron chi connectivity index (χ1n) is 9.81. The summed E-state index contributed by atoms with van der Waals surface area (Å²) < 4.78 is 5.61. The molecule has 0 aliphatic carbocycles.